The normalized spacial score (nSPS) is 13.1. The smallest absolute Gasteiger partial charge is 0.244 e. The highest BCUT2D eigenvalue weighted by Gasteiger charge is 2.32. The Labute approximate surface area is 224 Å². The number of carbonyl (C=O) groups is 2. The summed E-state index contributed by atoms with van der Waals surface area (Å²) in [5, 5.41) is 3.64. The van der Waals surface area contributed by atoms with E-state index in [4.69, 9.17) is 23.2 Å². The zero-order chi connectivity index (χ0) is 27.2. The van der Waals surface area contributed by atoms with Crippen molar-refractivity contribution in [3.63, 3.8) is 0 Å². The second-order valence-electron chi connectivity index (χ2n) is 9.00. The van der Waals surface area contributed by atoms with Gasteiger partial charge in [0.25, 0.3) is 0 Å². The summed E-state index contributed by atoms with van der Waals surface area (Å²) in [5.74, 6) is -0.795. The largest absolute Gasteiger partial charge is 0.352 e. The van der Waals surface area contributed by atoms with Crippen molar-refractivity contribution < 1.29 is 18.0 Å². The molecule has 0 aromatic heterocycles. The number of nitrogens with one attached hydrogen (secondary N) is 1. The van der Waals surface area contributed by atoms with Gasteiger partial charge in [-0.2, -0.15) is 0 Å². The molecule has 10 heteroatoms. The summed E-state index contributed by atoms with van der Waals surface area (Å²) >= 11 is 12.3. The third-order valence-corrected chi connectivity index (χ3v) is 8.11. The average molecular weight is 557 g/mol. The minimum Gasteiger partial charge on any atom is -0.352 e. The monoisotopic (exact) mass is 555 g/mol. The summed E-state index contributed by atoms with van der Waals surface area (Å²) in [6, 6.07) is 9.42. The van der Waals surface area contributed by atoms with Gasteiger partial charge in [-0.3, -0.25) is 13.9 Å². The molecule has 2 amide bonds. The molecule has 36 heavy (non-hydrogen) atoms. The van der Waals surface area contributed by atoms with Crippen LogP contribution < -0.4 is 9.62 Å². The van der Waals surface area contributed by atoms with Crippen molar-refractivity contribution in [1.29, 1.82) is 0 Å². The van der Waals surface area contributed by atoms with Gasteiger partial charge in [-0.25, -0.2) is 8.42 Å². The standard InChI is InChI=1S/C26H35Cl2N3O4S/c1-7-18(4)29-26(33)23(8-2)30(15-20-12-13-21(27)22(28)14-20)25(32)16-31(36(6,34)35)24-11-9-10-17(3)19(24)5/h9-14,18,23H,7-8,15-16H2,1-6H3,(H,29,33)/t18-,23-/m1/s1. The lowest BCUT2D eigenvalue weighted by Crippen LogP contribution is -2.53. The van der Waals surface area contributed by atoms with Crippen LogP contribution in [0.1, 0.15) is 50.3 Å². The molecular formula is C26H35Cl2N3O4S. The molecule has 2 aromatic rings. The maximum absolute atomic E-state index is 13.8. The number of halogens is 2. The summed E-state index contributed by atoms with van der Waals surface area (Å²) in [5.41, 5.74) is 2.76. The van der Waals surface area contributed by atoms with Crippen LogP contribution in [0, 0.1) is 13.8 Å². The Balaban J connectivity index is 2.51. The van der Waals surface area contributed by atoms with E-state index in [2.05, 4.69) is 5.32 Å². The molecule has 0 heterocycles. The maximum atomic E-state index is 13.8. The van der Waals surface area contributed by atoms with Crippen molar-refractivity contribution in [2.45, 2.75) is 66.1 Å². The van der Waals surface area contributed by atoms with Crippen molar-refractivity contribution in [2.75, 3.05) is 17.1 Å². The summed E-state index contributed by atoms with van der Waals surface area (Å²) < 4.78 is 26.7. The van der Waals surface area contributed by atoms with E-state index in [1.54, 1.807) is 30.3 Å². The molecule has 0 fully saturated rings. The molecule has 1 N–H and O–H groups in total. The van der Waals surface area contributed by atoms with Crippen LogP contribution in [0.3, 0.4) is 0 Å². The quantitative estimate of drug-likeness (QED) is 0.418. The van der Waals surface area contributed by atoms with Gasteiger partial charge < -0.3 is 10.2 Å². The van der Waals surface area contributed by atoms with Crippen LogP contribution in [0.15, 0.2) is 36.4 Å². The number of hydrogen-bond donors (Lipinski definition) is 1. The third-order valence-electron chi connectivity index (χ3n) is 6.25. The summed E-state index contributed by atoms with van der Waals surface area (Å²) in [6.45, 7) is 8.97. The van der Waals surface area contributed by atoms with Crippen LogP contribution in [-0.4, -0.2) is 50.0 Å². The first-order valence-corrected chi connectivity index (χ1v) is 14.5. The number of hydrogen-bond acceptors (Lipinski definition) is 4. The second-order valence-corrected chi connectivity index (χ2v) is 11.7. The Kier molecular flexibility index (Phi) is 10.6. The number of aryl methyl sites for hydroxylation is 1. The number of sulfonamides is 1. The zero-order valence-corrected chi connectivity index (χ0v) is 24.0. The maximum Gasteiger partial charge on any atom is 0.244 e. The van der Waals surface area contributed by atoms with E-state index in [1.807, 2.05) is 40.7 Å². The first-order valence-electron chi connectivity index (χ1n) is 11.9. The van der Waals surface area contributed by atoms with Gasteiger partial charge in [-0.15, -0.1) is 0 Å². The minimum atomic E-state index is -3.80. The fourth-order valence-corrected chi connectivity index (χ4v) is 5.02. The fraction of sp³-hybridized carbons (Fsp3) is 0.462. The highest BCUT2D eigenvalue weighted by molar-refractivity contribution is 7.92. The van der Waals surface area contributed by atoms with E-state index in [-0.39, 0.29) is 18.5 Å². The van der Waals surface area contributed by atoms with Crippen molar-refractivity contribution in [3.8, 4) is 0 Å². The molecule has 0 bridgehead atoms. The lowest BCUT2D eigenvalue weighted by molar-refractivity contribution is -0.140. The molecule has 0 saturated heterocycles. The summed E-state index contributed by atoms with van der Waals surface area (Å²) in [7, 11) is -3.80. The molecule has 0 unspecified atom stereocenters. The highest BCUT2D eigenvalue weighted by Crippen LogP contribution is 2.27. The molecule has 0 aliphatic heterocycles. The third kappa shape index (κ3) is 7.60. The van der Waals surface area contributed by atoms with Gasteiger partial charge in [-0.1, -0.05) is 55.2 Å². The molecular weight excluding hydrogens is 521 g/mol. The van der Waals surface area contributed by atoms with Gasteiger partial charge in [0.1, 0.15) is 12.6 Å². The number of amides is 2. The first-order chi connectivity index (χ1) is 16.8. The molecule has 0 aliphatic carbocycles. The van der Waals surface area contributed by atoms with E-state index >= 15 is 0 Å². The number of rotatable bonds is 11. The van der Waals surface area contributed by atoms with E-state index in [0.29, 0.717) is 27.7 Å². The van der Waals surface area contributed by atoms with Crippen molar-refractivity contribution in [2.24, 2.45) is 0 Å². The Morgan fingerprint density at radius 3 is 2.25 bits per heavy atom. The lowest BCUT2D eigenvalue weighted by atomic mass is 10.1. The minimum absolute atomic E-state index is 0.0621. The summed E-state index contributed by atoms with van der Waals surface area (Å²) in [4.78, 5) is 28.4. The van der Waals surface area contributed by atoms with Crippen LogP contribution in [0.4, 0.5) is 5.69 Å². The molecule has 0 spiro atoms. The van der Waals surface area contributed by atoms with Crippen LogP contribution in [0.2, 0.25) is 10.0 Å². The van der Waals surface area contributed by atoms with Gasteiger partial charge in [0.05, 0.1) is 22.0 Å². The molecule has 0 radical (unpaired) electrons. The van der Waals surface area contributed by atoms with Gasteiger partial charge in [-0.05, 0) is 68.5 Å². The van der Waals surface area contributed by atoms with Crippen LogP contribution in [0.25, 0.3) is 0 Å². The van der Waals surface area contributed by atoms with E-state index in [1.165, 1.54) is 4.90 Å². The molecule has 0 aliphatic rings. The molecule has 2 rings (SSSR count). The highest BCUT2D eigenvalue weighted by atomic mass is 35.5. The molecule has 2 atom stereocenters. The lowest BCUT2D eigenvalue weighted by Gasteiger charge is -2.33. The van der Waals surface area contributed by atoms with E-state index in [0.717, 1.165) is 28.1 Å². The second kappa shape index (κ2) is 12.8. The number of benzene rings is 2. The Hall–Kier alpha value is -2.29. The SMILES string of the molecule is CC[C@@H](C)NC(=O)[C@@H](CC)N(Cc1ccc(Cl)c(Cl)c1)C(=O)CN(c1cccc(C)c1C)S(C)(=O)=O. The fourth-order valence-electron chi connectivity index (χ4n) is 3.80. The molecule has 0 saturated carbocycles. The van der Waals surface area contributed by atoms with Crippen molar-refractivity contribution in [1.82, 2.24) is 10.2 Å². The van der Waals surface area contributed by atoms with E-state index in [9.17, 15) is 18.0 Å². The molecule has 198 valence electrons. The van der Waals surface area contributed by atoms with Gasteiger partial charge in [0, 0.05) is 12.6 Å². The Morgan fingerprint density at radius 1 is 1.03 bits per heavy atom. The number of anilines is 1. The van der Waals surface area contributed by atoms with E-state index < -0.39 is 28.5 Å². The van der Waals surface area contributed by atoms with Crippen LogP contribution in [-0.2, 0) is 26.2 Å². The topological polar surface area (TPSA) is 86.8 Å². The average Bonchev–Trinajstić information content (AvgIpc) is 2.80. The molecule has 7 nitrogen and oxygen atoms in total. The summed E-state index contributed by atoms with van der Waals surface area (Å²) in [6.07, 6.45) is 2.15. The zero-order valence-electron chi connectivity index (χ0n) is 21.6. The Bertz CT molecular complexity index is 1200. The predicted molar refractivity (Wildman–Crippen MR) is 147 cm³/mol. The van der Waals surface area contributed by atoms with Crippen molar-refractivity contribution >= 4 is 50.7 Å². The molecule has 2 aromatic carbocycles. The number of carbonyl (C=O) groups excluding carboxylic acids is 2. The van der Waals surface area contributed by atoms with Crippen molar-refractivity contribution in [3.05, 3.63) is 63.1 Å². The van der Waals surface area contributed by atoms with Crippen LogP contribution >= 0.6 is 23.2 Å². The van der Waals surface area contributed by atoms with Gasteiger partial charge >= 0.3 is 0 Å². The Morgan fingerprint density at radius 2 is 1.69 bits per heavy atom. The van der Waals surface area contributed by atoms with Gasteiger partial charge in [0.2, 0.25) is 21.8 Å². The van der Waals surface area contributed by atoms with Crippen LogP contribution in [0.5, 0.6) is 0 Å². The number of nitrogens with zero attached hydrogens (tertiary/aromatic N) is 2. The first kappa shape index (κ1) is 29.9. The predicted octanol–water partition coefficient (Wildman–Crippen LogP) is 5.10. The van der Waals surface area contributed by atoms with Gasteiger partial charge in [0.15, 0.2) is 0 Å².